The molecule has 0 aliphatic heterocycles. The number of benzene rings is 1. The lowest BCUT2D eigenvalue weighted by Gasteiger charge is -2.08. The Balaban J connectivity index is 2.79. The van der Waals surface area contributed by atoms with Crippen molar-refractivity contribution < 1.29 is 9.90 Å². The zero-order chi connectivity index (χ0) is 13.4. The predicted molar refractivity (Wildman–Crippen MR) is 75.4 cm³/mol. The highest BCUT2D eigenvalue weighted by atomic mass is 16.4. The minimum Gasteiger partial charge on any atom is -0.478 e. The zero-order valence-corrected chi connectivity index (χ0v) is 11.3. The average molecular weight is 246 g/mol. The first-order valence-corrected chi connectivity index (χ1v) is 6.65. The summed E-state index contributed by atoms with van der Waals surface area (Å²) in [6.07, 6.45) is 5.08. The van der Waals surface area contributed by atoms with Crippen molar-refractivity contribution >= 4 is 11.5 Å². The molecule has 2 nitrogen and oxygen atoms in total. The number of unbranched alkanes of at least 4 members (excludes halogenated alkanes) is 3. The van der Waals surface area contributed by atoms with Crippen molar-refractivity contribution in [3.8, 4) is 0 Å². The summed E-state index contributed by atoms with van der Waals surface area (Å²) in [5.74, 6) is -0.784. The van der Waals surface area contributed by atoms with E-state index in [2.05, 4.69) is 6.92 Å². The van der Waals surface area contributed by atoms with Gasteiger partial charge >= 0.3 is 5.97 Å². The molecule has 0 aromatic heterocycles. The van der Waals surface area contributed by atoms with Crippen LogP contribution in [0.2, 0.25) is 0 Å². The predicted octanol–water partition coefficient (Wildman–Crippen LogP) is 4.52. The third kappa shape index (κ3) is 4.36. The van der Waals surface area contributed by atoms with E-state index in [0.29, 0.717) is 12.0 Å². The third-order valence-electron chi connectivity index (χ3n) is 3.20. The highest BCUT2D eigenvalue weighted by Gasteiger charge is 2.12. The maximum Gasteiger partial charge on any atom is 0.331 e. The van der Waals surface area contributed by atoms with Crippen LogP contribution in [0.15, 0.2) is 35.9 Å². The summed E-state index contributed by atoms with van der Waals surface area (Å²) in [5, 5.41) is 9.30. The van der Waals surface area contributed by atoms with Crippen LogP contribution in [0.5, 0.6) is 0 Å². The van der Waals surface area contributed by atoms with E-state index in [9.17, 15) is 9.90 Å². The number of carbonyl (C=O) groups is 1. The smallest absolute Gasteiger partial charge is 0.331 e. The van der Waals surface area contributed by atoms with Crippen LogP contribution in [0.3, 0.4) is 0 Å². The van der Waals surface area contributed by atoms with Gasteiger partial charge in [0.2, 0.25) is 0 Å². The number of hydrogen-bond donors (Lipinski definition) is 1. The molecule has 0 radical (unpaired) electrons. The highest BCUT2D eigenvalue weighted by molar-refractivity contribution is 5.95. The van der Waals surface area contributed by atoms with Gasteiger partial charge in [0, 0.05) is 5.57 Å². The summed E-state index contributed by atoms with van der Waals surface area (Å²) >= 11 is 0. The standard InChI is InChI=1S/C16H22O2/c1-3-4-5-9-12-15(16(17)18)13(2)14-10-7-6-8-11-14/h6-8,10-11H,3-5,9,12H2,1-2H3,(H,17,18). The largest absolute Gasteiger partial charge is 0.478 e. The maximum absolute atomic E-state index is 11.3. The molecule has 0 unspecified atom stereocenters. The van der Waals surface area contributed by atoms with Crippen LogP contribution in [0.1, 0.15) is 51.5 Å². The molecule has 0 aliphatic rings. The molecule has 0 saturated carbocycles. The lowest BCUT2D eigenvalue weighted by atomic mass is 9.97. The summed E-state index contributed by atoms with van der Waals surface area (Å²) in [6, 6.07) is 9.75. The average Bonchev–Trinajstić information content (AvgIpc) is 2.39. The van der Waals surface area contributed by atoms with Crippen molar-refractivity contribution in [3.63, 3.8) is 0 Å². The second-order valence-electron chi connectivity index (χ2n) is 4.59. The molecule has 1 rings (SSSR count). The monoisotopic (exact) mass is 246 g/mol. The van der Waals surface area contributed by atoms with Crippen LogP contribution in [0, 0.1) is 0 Å². The van der Waals surface area contributed by atoms with Gasteiger partial charge in [-0.05, 0) is 30.9 Å². The van der Waals surface area contributed by atoms with Crippen LogP contribution in [0.4, 0.5) is 0 Å². The quantitative estimate of drug-likeness (QED) is 0.567. The Morgan fingerprint density at radius 2 is 1.78 bits per heavy atom. The summed E-state index contributed by atoms with van der Waals surface area (Å²) in [7, 11) is 0. The number of hydrogen-bond acceptors (Lipinski definition) is 1. The lowest BCUT2D eigenvalue weighted by molar-refractivity contribution is -0.132. The molecule has 1 aromatic rings. The van der Waals surface area contributed by atoms with E-state index in [4.69, 9.17) is 0 Å². The number of carboxylic acid groups (broad SMARTS) is 1. The van der Waals surface area contributed by atoms with Crippen LogP contribution < -0.4 is 0 Å². The third-order valence-corrected chi connectivity index (χ3v) is 3.20. The van der Waals surface area contributed by atoms with Crippen LogP contribution in [-0.2, 0) is 4.79 Å². The van der Waals surface area contributed by atoms with Crippen molar-refractivity contribution in [3.05, 3.63) is 41.5 Å². The van der Waals surface area contributed by atoms with E-state index in [1.165, 1.54) is 12.8 Å². The van der Waals surface area contributed by atoms with Gasteiger partial charge in [0.1, 0.15) is 0 Å². The molecule has 1 aromatic carbocycles. The van der Waals surface area contributed by atoms with E-state index in [-0.39, 0.29) is 0 Å². The Bertz CT molecular complexity index is 404. The van der Waals surface area contributed by atoms with Crippen molar-refractivity contribution in [2.45, 2.75) is 46.0 Å². The van der Waals surface area contributed by atoms with Crippen LogP contribution in [-0.4, -0.2) is 11.1 Å². The molecule has 18 heavy (non-hydrogen) atoms. The molecule has 0 atom stereocenters. The molecule has 2 heteroatoms. The van der Waals surface area contributed by atoms with Gasteiger partial charge in [0.25, 0.3) is 0 Å². The van der Waals surface area contributed by atoms with Crippen molar-refractivity contribution in [1.82, 2.24) is 0 Å². The first-order chi connectivity index (χ1) is 8.66. The molecule has 98 valence electrons. The molecule has 0 spiro atoms. The molecule has 1 N–H and O–H groups in total. The van der Waals surface area contributed by atoms with Gasteiger partial charge in [-0.25, -0.2) is 4.79 Å². The van der Waals surface area contributed by atoms with E-state index >= 15 is 0 Å². The summed E-state index contributed by atoms with van der Waals surface area (Å²) in [6.45, 7) is 4.06. The molecule has 0 bridgehead atoms. The number of aliphatic carboxylic acids is 1. The van der Waals surface area contributed by atoms with Crippen molar-refractivity contribution in [2.24, 2.45) is 0 Å². The Hall–Kier alpha value is -1.57. The Morgan fingerprint density at radius 1 is 1.11 bits per heavy atom. The van der Waals surface area contributed by atoms with E-state index in [1.807, 2.05) is 37.3 Å². The minimum absolute atomic E-state index is 0.553. The summed E-state index contributed by atoms with van der Waals surface area (Å²) < 4.78 is 0. The first-order valence-electron chi connectivity index (χ1n) is 6.65. The van der Waals surface area contributed by atoms with Gasteiger partial charge < -0.3 is 5.11 Å². The Kier molecular flexibility index (Phi) is 6.20. The Morgan fingerprint density at radius 3 is 2.33 bits per heavy atom. The molecule has 0 saturated heterocycles. The number of carboxylic acids is 1. The topological polar surface area (TPSA) is 37.3 Å². The maximum atomic E-state index is 11.3. The van der Waals surface area contributed by atoms with Gasteiger partial charge in [0.05, 0.1) is 0 Å². The van der Waals surface area contributed by atoms with Crippen molar-refractivity contribution in [1.29, 1.82) is 0 Å². The van der Waals surface area contributed by atoms with Crippen LogP contribution in [0.25, 0.3) is 5.57 Å². The fourth-order valence-corrected chi connectivity index (χ4v) is 2.05. The number of rotatable bonds is 7. The Labute approximate surface area is 109 Å². The van der Waals surface area contributed by atoms with Gasteiger partial charge in [-0.1, -0.05) is 56.5 Å². The molecule has 0 aliphatic carbocycles. The number of allylic oxidation sites excluding steroid dienone is 1. The lowest BCUT2D eigenvalue weighted by Crippen LogP contribution is -2.03. The molecular weight excluding hydrogens is 224 g/mol. The van der Waals surface area contributed by atoms with Gasteiger partial charge in [-0.3, -0.25) is 0 Å². The zero-order valence-electron chi connectivity index (χ0n) is 11.3. The van der Waals surface area contributed by atoms with Gasteiger partial charge in [-0.2, -0.15) is 0 Å². The SMILES string of the molecule is CCCCCCC(C(=O)O)=C(C)c1ccccc1. The van der Waals surface area contributed by atoms with Gasteiger partial charge in [-0.15, -0.1) is 0 Å². The normalized spacial score (nSPS) is 12.1. The summed E-state index contributed by atoms with van der Waals surface area (Å²) in [5.41, 5.74) is 2.45. The molecule has 0 fully saturated rings. The molecule has 0 amide bonds. The minimum atomic E-state index is -0.784. The summed E-state index contributed by atoms with van der Waals surface area (Å²) in [4.78, 5) is 11.3. The first kappa shape index (κ1) is 14.5. The van der Waals surface area contributed by atoms with E-state index in [1.54, 1.807) is 0 Å². The van der Waals surface area contributed by atoms with Crippen molar-refractivity contribution in [2.75, 3.05) is 0 Å². The highest BCUT2D eigenvalue weighted by Crippen LogP contribution is 2.22. The fourth-order valence-electron chi connectivity index (χ4n) is 2.05. The molecular formula is C16H22O2. The molecule has 0 heterocycles. The van der Waals surface area contributed by atoms with E-state index in [0.717, 1.165) is 24.0 Å². The van der Waals surface area contributed by atoms with Gasteiger partial charge in [0.15, 0.2) is 0 Å². The van der Waals surface area contributed by atoms with E-state index < -0.39 is 5.97 Å². The second-order valence-corrected chi connectivity index (χ2v) is 4.59. The fraction of sp³-hybridized carbons (Fsp3) is 0.438. The second kappa shape index (κ2) is 7.70. The van der Waals surface area contributed by atoms with Crippen LogP contribution >= 0.6 is 0 Å².